The van der Waals surface area contributed by atoms with Gasteiger partial charge in [-0.1, -0.05) is 26.0 Å². The Kier molecular flexibility index (Phi) is 5.63. The fourth-order valence-electron chi connectivity index (χ4n) is 3.15. The minimum Gasteiger partial charge on any atom is -0.497 e. The van der Waals surface area contributed by atoms with E-state index in [2.05, 4.69) is 10.3 Å². The number of rotatable bonds is 6. The molecular weight excluding hydrogens is 358 g/mol. The summed E-state index contributed by atoms with van der Waals surface area (Å²) in [5.74, 6) is 0.611. The molecule has 1 aromatic heterocycles. The predicted molar refractivity (Wildman–Crippen MR) is 108 cm³/mol. The molecule has 1 N–H and O–H groups in total. The van der Waals surface area contributed by atoms with Crippen molar-refractivity contribution in [2.75, 3.05) is 19.5 Å². The van der Waals surface area contributed by atoms with Crippen LogP contribution >= 0.6 is 0 Å². The van der Waals surface area contributed by atoms with Gasteiger partial charge in [0.15, 0.2) is 0 Å². The second-order valence-electron chi connectivity index (χ2n) is 6.72. The van der Waals surface area contributed by atoms with Gasteiger partial charge in [0, 0.05) is 6.07 Å². The van der Waals surface area contributed by atoms with E-state index in [1.807, 2.05) is 19.9 Å². The lowest BCUT2D eigenvalue weighted by molar-refractivity contribution is -0.120. The summed E-state index contributed by atoms with van der Waals surface area (Å²) in [5.41, 5.74) is 0.817. The van der Waals surface area contributed by atoms with Crippen LogP contribution in [0.5, 0.6) is 11.5 Å². The number of ether oxygens (including phenoxy) is 2. The number of nitrogens with one attached hydrogen (secondary N) is 1. The standard InChI is InChI=1S/C21H23N3O4/c1-13(2)19(24-12-22-16-8-6-5-7-15(16)21(24)26)20(25)23-17-11-14(27-3)9-10-18(17)28-4/h5-13,19H,1-4H3,(H,23,25)/t19-/m0/s1. The number of nitrogens with zero attached hydrogens (tertiary/aromatic N) is 2. The SMILES string of the molecule is COc1ccc(OC)c(NC(=O)[C@H](C(C)C)n2cnc3ccccc3c2=O)c1. The molecule has 1 atom stereocenters. The van der Waals surface area contributed by atoms with Gasteiger partial charge in [0.2, 0.25) is 5.91 Å². The summed E-state index contributed by atoms with van der Waals surface area (Å²) in [4.78, 5) is 30.4. The number of aromatic nitrogens is 2. The Bertz CT molecular complexity index is 1060. The molecular formula is C21H23N3O4. The Labute approximate surface area is 162 Å². The Morgan fingerprint density at radius 2 is 1.86 bits per heavy atom. The third-order valence-electron chi connectivity index (χ3n) is 4.55. The van der Waals surface area contributed by atoms with Gasteiger partial charge >= 0.3 is 0 Å². The second kappa shape index (κ2) is 8.12. The van der Waals surface area contributed by atoms with Gasteiger partial charge < -0.3 is 14.8 Å². The van der Waals surface area contributed by atoms with Crippen molar-refractivity contribution in [2.24, 2.45) is 5.92 Å². The van der Waals surface area contributed by atoms with Crippen LogP contribution in [0.15, 0.2) is 53.6 Å². The maximum absolute atomic E-state index is 13.1. The Hall–Kier alpha value is -3.35. The first-order chi connectivity index (χ1) is 13.5. The molecule has 3 aromatic rings. The van der Waals surface area contributed by atoms with E-state index >= 15 is 0 Å². The van der Waals surface area contributed by atoms with Crippen LogP contribution in [0.25, 0.3) is 10.9 Å². The average Bonchev–Trinajstić information content (AvgIpc) is 2.69. The first-order valence-electron chi connectivity index (χ1n) is 8.95. The van der Waals surface area contributed by atoms with Crippen molar-refractivity contribution in [1.82, 2.24) is 9.55 Å². The molecule has 1 heterocycles. The third kappa shape index (κ3) is 3.69. The molecule has 7 nitrogen and oxygen atoms in total. The number of methoxy groups -OCH3 is 2. The summed E-state index contributed by atoms with van der Waals surface area (Å²) < 4.78 is 11.9. The number of amides is 1. The fraction of sp³-hybridized carbons (Fsp3) is 0.286. The molecule has 7 heteroatoms. The zero-order chi connectivity index (χ0) is 20.3. The number of hydrogen-bond acceptors (Lipinski definition) is 5. The highest BCUT2D eigenvalue weighted by Gasteiger charge is 2.27. The molecule has 0 saturated heterocycles. The average molecular weight is 381 g/mol. The summed E-state index contributed by atoms with van der Waals surface area (Å²) >= 11 is 0. The number of benzene rings is 2. The molecule has 0 spiro atoms. The van der Waals surface area contributed by atoms with E-state index in [1.165, 1.54) is 18.0 Å². The summed E-state index contributed by atoms with van der Waals surface area (Å²) in [6, 6.07) is 11.5. The Balaban J connectivity index is 2.01. The molecule has 2 aromatic carbocycles. The van der Waals surface area contributed by atoms with Crippen molar-refractivity contribution in [3.63, 3.8) is 0 Å². The highest BCUT2D eigenvalue weighted by atomic mass is 16.5. The van der Waals surface area contributed by atoms with Gasteiger partial charge in [0.05, 0.1) is 37.1 Å². The third-order valence-corrected chi connectivity index (χ3v) is 4.55. The maximum atomic E-state index is 13.1. The topological polar surface area (TPSA) is 82.4 Å². The van der Waals surface area contributed by atoms with Crippen LogP contribution in [0.3, 0.4) is 0 Å². The number of carbonyl (C=O) groups excluding carboxylic acids is 1. The molecule has 0 bridgehead atoms. The first kappa shape index (κ1) is 19.4. The molecule has 0 radical (unpaired) electrons. The normalized spacial score (nSPS) is 12.0. The van der Waals surface area contributed by atoms with Gasteiger partial charge in [-0.2, -0.15) is 0 Å². The van der Waals surface area contributed by atoms with Gasteiger partial charge in [0.1, 0.15) is 17.5 Å². The van der Waals surface area contributed by atoms with Crippen LogP contribution in [0.1, 0.15) is 19.9 Å². The Morgan fingerprint density at radius 3 is 2.54 bits per heavy atom. The number of hydrogen-bond donors (Lipinski definition) is 1. The predicted octanol–water partition coefficient (Wildman–Crippen LogP) is 3.25. The molecule has 0 fully saturated rings. The van der Waals surface area contributed by atoms with E-state index in [0.29, 0.717) is 28.1 Å². The van der Waals surface area contributed by atoms with Crippen LogP contribution in [0, 0.1) is 5.92 Å². The highest BCUT2D eigenvalue weighted by Crippen LogP contribution is 2.30. The van der Waals surface area contributed by atoms with Gasteiger partial charge in [-0.3, -0.25) is 14.2 Å². The summed E-state index contributed by atoms with van der Waals surface area (Å²) in [5, 5.41) is 3.33. The second-order valence-corrected chi connectivity index (χ2v) is 6.72. The summed E-state index contributed by atoms with van der Waals surface area (Å²) in [6.07, 6.45) is 1.43. The smallest absolute Gasteiger partial charge is 0.261 e. The lowest BCUT2D eigenvalue weighted by Gasteiger charge is -2.23. The number of anilines is 1. The molecule has 146 valence electrons. The zero-order valence-corrected chi connectivity index (χ0v) is 16.3. The number of carbonyl (C=O) groups is 1. The van der Waals surface area contributed by atoms with Crippen LogP contribution in [0.2, 0.25) is 0 Å². The highest BCUT2D eigenvalue weighted by molar-refractivity contribution is 5.95. The quantitative estimate of drug-likeness (QED) is 0.709. The largest absolute Gasteiger partial charge is 0.497 e. The first-order valence-corrected chi connectivity index (χ1v) is 8.95. The minimum absolute atomic E-state index is 0.141. The van der Waals surface area contributed by atoms with E-state index in [4.69, 9.17) is 9.47 Å². The zero-order valence-electron chi connectivity index (χ0n) is 16.3. The lowest BCUT2D eigenvalue weighted by Crippen LogP contribution is -2.36. The van der Waals surface area contributed by atoms with Crippen molar-refractivity contribution in [3.8, 4) is 11.5 Å². The van der Waals surface area contributed by atoms with Gasteiger partial charge in [-0.25, -0.2) is 4.98 Å². The van der Waals surface area contributed by atoms with Crippen molar-refractivity contribution >= 4 is 22.5 Å². The van der Waals surface area contributed by atoms with E-state index in [9.17, 15) is 9.59 Å². The van der Waals surface area contributed by atoms with E-state index < -0.39 is 6.04 Å². The molecule has 0 unspecified atom stereocenters. The summed E-state index contributed by atoms with van der Waals surface area (Å²) in [6.45, 7) is 3.77. The number of fused-ring (bicyclic) bond motifs is 1. The van der Waals surface area contributed by atoms with Gasteiger partial charge in [0.25, 0.3) is 5.56 Å². The Morgan fingerprint density at radius 1 is 1.11 bits per heavy atom. The fourth-order valence-corrected chi connectivity index (χ4v) is 3.15. The maximum Gasteiger partial charge on any atom is 0.261 e. The van der Waals surface area contributed by atoms with Crippen LogP contribution < -0.4 is 20.3 Å². The molecule has 0 aliphatic heterocycles. The molecule has 1 amide bonds. The van der Waals surface area contributed by atoms with Crippen LogP contribution in [0.4, 0.5) is 5.69 Å². The van der Waals surface area contributed by atoms with E-state index in [1.54, 1.807) is 43.5 Å². The van der Waals surface area contributed by atoms with Crippen molar-refractivity contribution in [2.45, 2.75) is 19.9 Å². The molecule has 0 saturated carbocycles. The molecule has 28 heavy (non-hydrogen) atoms. The number of para-hydroxylation sites is 1. The van der Waals surface area contributed by atoms with Crippen molar-refractivity contribution in [3.05, 3.63) is 59.1 Å². The molecule has 0 aliphatic rings. The monoisotopic (exact) mass is 381 g/mol. The molecule has 0 aliphatic carbocycles. The molecule has 3 rings (SSSR count). The van der Waals surface area contributed by atoms with Gasteiger partial charge in [-0.05, 0) is 30.2 Å². The van der Waals surface area contributed by atoms with E-state index in [-0.39, 0.29) is 17.4 Å². The lowest BCUT2D eigenvalue weighted by atomic mass is 10.0. The van der Waals surface area contributed by atoms with Crippen LogP contribution in [-0.4, -0.2) is 29.7 Å². The summed E-state index contributed by atoms with van der Waals surface area (Å²) in [7, 11) is 3.07. The van der Waals surface area contributed by atoms with E-state index in [0.717, 1.165) is 0 Å². The minimum atomic E-state index is -0.736. The van der Waals surface area contributed by atoms with Crippen molar-refractivity contribution < 1.29 is 14.3 Å². The van der Waals surface area contributed by atoms with Crippen LogP contribution in [-0.2, 0) is 4.79 Å². The van der Waals surface area contributed by atoms with Gasteiger partial charge in [-0.15, -0.1) is 0 Å². The van der Waals surface area contributed by atoms with Crippen molar-refractivity contribution in [1.29, 1.82) is 0 Å².